The number of rotatable bonds is 5. The van der Waals surface area contributed by atoms with Crippen LogP contribution >= 0.6 is 0 Å². The van der Waals surface area contributed by atoms with Gasteiger partial charge in [0.2, 0.25) is 5.91 Å². The molecule has 1 aromatic carbocycles. The number of carbonyl (C=O) groups is 1. The quantitative estimate of drug-likeness (QED) is 0.762. The van der Waals surface area contributed by atoms with Crippen molar-refractivity contribution in [3.63, 3.8) is 0 Å². The number of fused-ring (bicyclic) bond motifs is 1. The van der Waals surface area contributed by atoms with E-state index in [1.165, 1.54) is 0 Å². The molecule has 5 nitrogen and oxygen atoms in total. The molecule has 0 radical (unpaired) electrons. The third kappa shape index (κ3) is 3.54. The number of amides is 1. The fraction of sp³-hybridized carbons (Fsp3) is 0.429. The number of hydrogen-bond acceptors (Lipinski definition) is 3. The van der Waals surface area contributed by atoms with Crippen molar-refractivity contribution in [3.8, 4) is 0 Å². The Balaban J connectivity index is 1.93. The van der Waals surface area contributed by atoms with Crippen LogP contribution in [0.4, 0.5) is 0 Å². The summed E-state index contributed by atoms with van der Waals surface area (Å²) in [5, 5.41) is 2.92. The minimum atomic E-state index is -0.155. The summed E-state index contributed by atoms with van der Waals surface area (Å²) in [5.41, 5.74) is 8.43. The van der Waals surface area contributed by atoms with Gasteiger partial charge in [0.05, 0.1) is 17.4 Å². The highest BCUT2D eigenvalue weighted by atomic mass is 16.1. The lowest BCUT2D eigenvalue weighted by molar-refractivity contribution is -0.123. The number of aromatic amines is 1. The zero-order valence-electron chi connectivity index (χ0n) is 11.4. The number of carbonyl (C=O) groups excluding carboxylic acids is 1. The fourth-order valence-electron chi connectivity index (χ4n) is 1.86. The second-order valence-electron chi connectivity index (χ2n) is 5.58. The Hall–Kier alpha value is -1.88. The van der Waals surface area contributed by atoms with Gasteiger partial charge in [-0.15, -0.1) is 0 Å². The molecule has 1 aromatic heterocycles. The standard InChI is InChI=1S/C14H20N4O/c1-14(2,8-15)6-13(19)16-7-10-3-4-11-12(5-10)18-9-17-11/h3-5,9H,6-8,15H2,1-2H3,(H,16,19)(H,17,18). The molecule has 0 saturated heterocycles. The third-order valence-corrected chi connectivity index (χ3v) is 3.17. The highest BCUT2D eigenvalue weighted by Gasteiger charge is 2.19. The average molecular weight is 260 g/mol. The second kappa shape index (κ2) is 5.40. The predicted octanol–water partition coefficient (Wildman–Crippen LogP) is 1.55. The van der Waals surface area contributed by atoms with Gasteiger partial charge in [0.25, 0.3) is 0 Å². The van der Waals surface area contributed by atoms with Crippen molar-refractivity contribution >= 4 is 16.9 Å². The number of hydrogen-bond donors (Lipinski definition) is 3. The molecule has 5 heteroatoms. The zero-order chi connectivity index (χ0) is 13.9. The van der Waals surface area contributed by atoms with E-state index in [4.69, 9.17) is 5.73 Å². The van der Waals surface area contributed by atoms with Gasteiger partial charge in [-0.25, -0.2) is 4.98 Å². The van der Waals surface area contributed by atoms with Crippen molar-refractivity contribution in [2.24, 2.45) is 11.1 Å². The minimum absolute atomic E-state index is 0.0279. The molecule has 0 atom stereocenters. The number of aromatic nitrogens is 2. The molecule has 4 N–H and O–H groups in total. The van der Waals surface area contributed by atoms with E-state index in [1.54, 1.807) is 6.33 Å². The Bertz CT molecular complexity index is 574. The maximum atomic E-state index is 11.8. The van der Waals surface area contributed by atoms with Crippen LogP contribution in [0.3, 0.4) is 0 Å². The molecule has 1 amide bonds. The first-order chi connectivity index (χ1) is 9.00. The number of imidazole rings is 1. The molecule has 0 unspecified atom stereocenters. The topological polar surface area (TPSA) is 83.8 Å². The van der Waals surface area contributed by atoms with Gasteiger partial charge in [0.1, 0.15) is 0 Å². The summed E-state index contributed by atoms with van der Waals surface area (Å²) in [6.07, 6.45) is 2.10. The van der Waals surface area contributed by atoms with Crippen LogP contribution in [-0.4, -0.2) is 22.4 Å². The second-order valence-corrected chi connectivity index (χ2v) is 5.58. The predicted molar refractivity (Wildman–Crippen MR) is 75.4 cm³/mol. The van der Waals surface area contributed by atoms with Gasteiger partial charge < -0.3 is 16.0 Å². The Morgan fingerprint density at radius 1 is 1.47 bits per heavy atom. The van der Waals surface area contributed by atoms with Crippen LogP contribution in [0.1, 0.15) is 25.8 Å². The lowest BCUT2D eigenvalue weighted by atomic mass is 9.89. The Kier molecular flexibility index (Phi) is 3.85. The number of nitrogens with two attached hydrogens (primary N) is 1. The monoisotopic (exact) mass is 260 g/mol. The lowest BCUT2D eigenvalue weighted by Gasteiger charge is -2.21. The molecule has 2 rings (SSSR count). The van der Waals surface area contributed by atoms with E-state index in [2.05, 4.69) is 15.3 Å². The fourth-order valence-corrected chi connectivity index (χ4v) is 1.86. The highest BCUT2D eigenvalue weighted by molar-refractivity contribution is 5.77. The van der Waals surface area contributed by atoms with Crippen LogP contribution in [-0.2, 0) is 11.3 Å². The molecule has 19 heavy (non-hydrogen) atoms. The van der Waals surface area contributed by atoms with E-state index in [0.29, 0.717) is 19.5 Å². The van der Waals surface area contributed by atoms with Crippen LogP contribution in [0.15, 0.2) is 24.5 Å². The number of benzene rings is 1. The minimum Gasteiger partial charge on any atom is -0.352 e. The van der Waals surface area contributed by atoms with E-state index in [-0.39, 0.29) is 11.3 Å². The van der Waals surface area contributed by atoms with Crippen LogP contribution in [0.25, 0.3) is 11.0 Å². The summed E-state index contributed by atoms with van der Waals surface area (Å²) in [5.74, 6) is 0.0279. The van der Waals surface area contributed by atoms with Crippen molar-refractivity contribution in [1.82, 2.24) is 15.3 Å². The molecule has 0 aliphatic carbocycles. The molecule has 2 aromatic rings. The van der Waals surface area contributed by atoms with Gasteiger partial charge in [0.15, 0.2) is 0 Å². The summed E-state index contributed by atoms with van der Waals surface area (Å²) in [6, 6.07) is 5.91. The molecule has 0 fully saturated rings. The lowest BCUT2D eigenvalue weighted by Crippen LogP contribution is -2.32. The summed E-state index contributed by atoms with van der Waals surface area (Å²) < 4.78 is 0. The summed E-state index contributed by atoms with van der Waals surface area (Å²) in [4.78, 5) is 19.0. The first kappa shape index (κ1) is 13.5. The summed E-state index contributed by atoms with van der Waals surface area (Å²) >= 11 is 0. The van der Waals surface area contributed by atoms with Crippen molar-refractivity contribution in [2.75, 3.05) is 6.54 Å². The van der Waals surface area contributed by atoms with E-state index < -0.39 is 0 Å². The van der Waals surface area contributed by atoms with Crippen molar-refractivity contribution in [2.45, 2.75) is 26.8 Å². The van der Waals surface area contributed by atoms with Crippen molar-refractivity contribution in [1.29, 1.82) is 0 Å². The van der Waals surface area contributed by atoms with Gasteiger partial charge in [-0.2, -0.15) is 0 Å². The maximum absolute atomic E-state index is 11.8. The van der Waals surface area contributed by atoms with Gasteiger partial charge in [-0.1, -0.05) is 19.9 Å². The highest BCUT2D eigenvalue weighted by Crippen LogP contribution is 2.18. The van der Waals surface area contributed by atoms with E-state index in [0.717, 1.165) is 16.6 Å². The molecule has 0 aliphatic rings. The SMILES string of the molecule is CC(C)(CN)CC(=O)NCc1ccc2nc[nH]c2c1. The Morgan fingerprint density at radius 2 is 2.26 bits per heavy atom. The van der Waals surface area contributed by atoms with E-state index in [9.17, 15) is 4.79 Å². The maximum Gasteiger partial charge on any atom is 0.220 e. The zero-order valence-corrected chi connectivity index (χ0v) is 11.4. The Morgan fingerprint density at radius 3 is 3.00 bits per heavy atom. The van der Waals surface area contributed by atoms with Crippen LogP contribution in [0.2, 0.25) is 0 Å². The first-order valence-corrected chi connectivity index (χ1v) is 6.39. The summed E-state index contributed by atoms with van der Waals surface area (Å²) in [6.45, 7) is 5.00. The first-order valence-electron chi connectivity index (χ1n) is 6.39. The number of H-pyrrole nitrogens is 1. The molecule has 0 saturated carbocycles. The van der Waals surface area contributed by atoms with E-state index >= 15 is 0 Å². The van der Waals surface area contributed by atoms with Crippen molar-refractivity contribution < 1.29 is 4.79 Å². The molecule has 0 bridgehead atoms. The van der Waals surface area contributed by atoms with Gasteiger partial charge in [-0.05, 0) is 29.7 Å². The molecular weight excluding hydrogens is 240 g/mol. The van der Waals surface area contributed by atoms with Crippen molar-refractivity contribution in [3.05, 3.63) is 30.1 Å². The van der Waals surface area contributed by atoms with Gasteiger partial charge >= 0.3 is 0 Å². The van der Waals surface area contributed by atoms with Crippen LogP contribution in [0, 0.1) is 5.41 Å². The largest absolute Gasteiger partial charge is 0.352 e. The normalized spacial score (nSPS) is 11.7. The molecule has 0 aliphatic heterocycles. The summed E-state index contributed by atoms with van der Waals surface area (Å²) in [7, 11) is 0. The van der Waals surface area contributed by atoms with Crippen LogP contribution in [0.5, 0.6) is 0 Å². The third-order valence-electron chi connectivity index (χ3n) is 3.17. The molecule has 1 heterocycles. The average Bonchev–Trinajstić information content (AvgIpc) is 2.83. The molecule has 0 spiro atoms. The van der Waals surface area contributed by atoms with Crippen LogP contribution < -0.4 is 11.1 Å². The van der Waals surface area contributed by atoms with Gasteiger partial charge in [-0.3, -0.25) is 4.79 Å². The number of nitrogens with zero attached hydrogens (tertiary/aromatic N) is 1. The van der Waals surface area contributed by atoms with Gasteiger partial charge in [0, 0.05) is 13.0 Å². The molecular formula is C14H20N4O. The Labute approximate surface area is 112 Å². The molecule has 102 valence electrons. The smallest absolute Gasteiger partial charge is 0.220 e. The van der Waals surface area contributed by atoms with E-state index in [1.807, 2.05) is 32.0 Å². The number of nitrogens with one attached hydrogen (secondary N) is 2.